The van der Waals surface area contributed by atoms with E-state index in [2.05, 4.69) is 0 Å². The van der Waals surface area contributed by atoms with E-state index >= 15 is 0 Å². The normalized spacial score (nSPS) is 12.5. The summed E-state index contributed by atoms with van der Waals surface area (Å²) >= 11 is 5.36. The third-order valence-electron chi connectivity index (χ3n) is 1.34. The van der Waals surface area contributed by atoms with Crippen LogP contribution in [0.3, 0.4) is 0 Å². The van der Waals surface area contributed by atoms with Crippen LogP contribution in [0.4, 0.5) is 0 Å². The zero-order chi connectivity index (χ0) is 8.81. The Hall–Kier alpha value is -0.730. The van der Waals surface area contributed by atoms with Crippen molar-refractivity contribution in [1.29, 1.82) is 0 Å². The summed E-state index contributed by atoms with van der Waals surface area (Å²) in [7, 11) is 0. The highest BCUT2D eigenvalue weighted by Crippen LogP contribution is 2.11. The molecule has 0 saturated carbocycles. The van der Waals surface area contributed by atoms with Crippen molar-refractivity contribution >= 4 is 11.6 Å². The van der Waals surface area contributed by atoms with Gasteiger partial charge in [-0.05, 0) is 19.1 Å². The van der Waals surface area contributed by atoms with Gasteiger partial charge in [-0.2, -0.15) is 0 Å². The fourth-order valence-corrected chi connectivity index (χ4v) is 0.991. The quantitative estimate of drug-likeness (QED) is 0.532. The lowest BCUT2D eigenvalue weighted by atomic mass is 10.3. The van der Waals surface area contributed by atoms with Crippen molar-refractivity contribution in [3.05, 3.63) is 30.3 Å². The van der Waals surface area contributed by atoms with Gasteiger partial charge in [0.1, 0.15) is 11.8 Å². The molecule has 0 bridgehead atoms. The second-order valence-electron chi connectivity index (χ2n) is 2.27. The van der Waals surface area contributed by atoms with E-state index in [9.17, 15) is 0 Å². The van der Waals surface area contributed by atoms with Crippen LogP contribution in [0.2, 0.25) is 0 Å². The molecule has 0 aromatic heterocycles. The van der Waals surface area contributed by atoms with Crippen molar-refractivity contribution < 1.29 is 9.47 Å². The standard InChI is InChI=1S/C9H11ClO2/c1-8(11-7-10)12-9-5-3-2-4-6-9/h2-6,8H,7H2,1H3. The summed E-state index contributed by atoms with van der Waals surface area (Å²) in [6.45, 7) is 1.80. The first-order chi connectivity index (χ1) is 5.83. The first-order valence-corrected chi connectivity index (χ1v) is 4.25. The fraction of sp³-hybridized carbons (Fsp3) is 0.333. The van der Waals surface area contributed by atoms with E-state index in [0.717, 1.165) is 5.75 Å². The van der Waals surface area contributed by atoms with E-state index < -0.39 is 0 Å². The van der Waals surface area contributed by atoms with Crippen LogP contribution in [0.15, 0.2) is 30.3 Å². The van der Waals surface area contributed by atoms with Gasteiger partial charge >= 0.3 is 0 Å². The van der Waals surface area contributed by atoms with Crippen molar-refractivity contribution in [2.24, 2.45) is 0 Å². The Kier molecular flexibility index (Phi) is 3.91. The lowest BCUT2D eigenvalue weighted by Crippen LogP contribution is -2.15. The number of hydrogen-bond donors (Lipinski definition) is 0. The van der Waals surface area contributed by atoms with Crippen LogP contribution in [0.1, 0.15) is 6.92 Å². The maximum absolute atomic E-state index is 5.36. The largest absolute Gasteiger partial charge is 0.465 e. The Morgan fingerprint density at radius 2 is 2.00 bits per heavy atom. The summed E-state index contributed by atoms with van der Waals surface area (Å²) in [5.74, 6) is 0.787. The molecule has 0 N–H and O–H groups in total. The Balaban J connectivity index is 2.41. The summed E-state index contributed by atoms with van der Waals surface area (Å²) in [4.78, 5) is 0. The molecule has 0 radical (unpaired) electrons. The maximum atomic E-state index is 5.36. The Morgan fingerprint density at radius 3 is 2.58 bits per heavy atom. The lowest BCUT2D eigenvalue weighted by Gasteiger charge is -2.12. The topological polar surface area (TPSA) is 18.5 Å². The van der Waals surface area contributed by atoms with Gasteiger partial charge in [0, 0.05) is 0 Å². The highest BCUT2D eigenvalue weighted by molar-refractivity contribution is 6.17. The van der Waals surface area contributed by atoms with Gasteiger partial charge in [-0.25, -0.2) is 0 Å². The van der Waals surface area contributed by atoms with Crippen LogP contribution >= 0.6 is 11.6 Å². The molecule has 0 fully saturated rings. The molecule has 0 amide bonds. The number of para-hydroxylation sites is 1. The molecule has 1 unspecified atom stereocenters. The van der Waals surface area contributed by atoms with Gasteiger partial charge in [0.15, 0.2) is 6.29 Å². The molecule has 3 heteroatoms. The molecule has 1 atom stereocenters. The number of alkyl halides is 1. The van der Waals surface area contributed by atoms with Gasteiger partial charge in [-0.1, -0.05) is 29.8 Å². The van der Waals surface area contributed by atoms with Crippen molar-refractivity contribution in [2.75, 3.05) is 6.07 Å². The van der Waals surface area contributed by atoms with Crippen LogP contribution in [0.5, 0.6) is 5.75 Å². The van der Waals surface area contributed by atoms with Crippen LogP contribution in [-0.2, 0) is 4.74 Å². The summed E-state index contributed by atoms with van der Waals surface area (Å²) in [6, 6.07) is 9.63. The molecule has 2 nitrogen and oxygen atoms in total. The molecule has 12 heavy (non-hydrogen) atoms. The van der Waals surface area contributed by atoms with Crippen LogP contribution in [0.25, 0.3) is 0 Å². The van der Waals surface area contributed by atoms with Gasteiger partial charge in [-0.15, -0.1) is 0 Å². The molecule has 0 heterocycles. The number of ether oxygens (including phenoxy) is 2. The average Bonchev–Trinajstić information content (AvgIpc) is 2.06. The molecule has 1 aromatic rings. The van der Waals surface area contributed by atoms with Crippen LogP contribution in [0, 0.1) is 0 Å². The van der Waals surface area contributed by atoms with Gasteiger partial charge in [-0.3, -0.25) is 0 Å². The van der Waals surface area contributed by atoms with E-state index in [0.29, 0.717) is 0 Å². The molecule has 0 spiro atoms. The smallest absolute Gasteiger partial charge is 0.198 e. The van der Waals surface area contributed by atoms with E-state index in [4.69, 9.17) is 21.1 Å². The SMILES string of the molecule is CC(OCCl)Oc1ccccc1. The Labute approximate surface area is 77.1 Å². The first kappa shape index (κ1) is 9.36. The molecular weight excluding hydrogens is 176 g/mol. The number of benzene rings is 1. The van der Waals surface area contributed by atoms with E-state index in [1.165, 1.54) is 0 Å². The zero-order valence-corrected chi connectivity index (χ0v) is 7.62. The Bertz CT molecular complexity index is 213. The molecular formula is C9H11ClO2. The lowest BCUT2D eigenvalue weighted by molar-refractivity contribution is -0.0473. The van der Waals surface area contributed by atoms with E-state index in [1.54, 1.807) is 6.92 Å². The monoisotopic (exact) mass is 186 g/mol. The van der Waals surface area contributed by atoms with Crippen molar-refractivity contribution in [3.8, 4) is 5.75 Å². The maximum Gasteiger partial charge on any atom is 0.198 e. The molecule has 0 aliphatic heterocycles. The molecule has 1 aromatic carbocycles. The minimum atomic E-state index is -0.301. The molecule has 66 valence electrons. The van der Waals surface area contributed by atoms with Crippen molar-refractivity contribution in [3.63, 3.8) is 0 Å². The zero-order valence-electron chi connectivity index (χ0n) is 6.87. The van der Waals surface area contributed by atoms with Crippen LogP contribution < -0.4 is 4.74 Å². The molecule has 0 saturated heterocycles. The second kappa shape index (κ2) is 5.01. The third kappa shape index (κ3) is 3.11. The van der Waals surface area contributed by atoms with Gasteiger partial charge in [0.25, 0.3) is 0 Å². The molecule has 1 rings (SSSR count). The van der Waals surface area contributed by atoms with Crippen molar-refractivity contribution in [1.82, 2.24) is 0 Å². The fourth-order valence-electron chi connectivity index (χ4n) is 0.813. The summed E-state index contributed by atoms with van der Waals surface area (Å²) in [6.07, 6.45) is -0.301. The third-order valence-corrected chi connectivity index (χ3v) is 1.47. The summed E-state index contributed by atoms with van der Waals surface area (Å²) in [5.41, 5.74) is 0. The van der Waals surface area contributed by atoms with Crippen molar-refractivity contribution in [2.45, 2.75) is 13.2 Å². The number of hydrogen-bond acceptors (Lipinski definition) is 2. The minimum Gasteiger partial charge on any atom is -0.465 e. The highest BCUT2D eigenvalue weighted by Gasteiger charge is 2.00. The highest BCUT2D eigenvalue weighted by atomic mass is 35.5. The number of rotatable bonds is 4. The van der Waals surface area contributed by atoms with Gasteiger partial charge in [0.2, 0.25) is 0 Å². The van der Waals surface area contributed by atoms with E-state index in [1.807, 2.05) is 30.3 Å². The molecule has 0 aliphatic rings. The molecule has 0 aliphatic carbocycles. The predicted molar refractivity (Wildman–Crippen MR) is 48.3 cm³/mol. The first-order valence-electron chi connectivity index (χ1n) is 3.72. The summed E-state index contributed by atoms with van der Waals surface area (Å²) < 4.78 is 10.3. The van der Waals surface area contributed by atoms with Crippen LogP contribution in [-0.4, -0.2) is 12.4 Å². The van der Waals surface area contributed by atoms with Gasteiger partial charge in [0.05, 0.1) is 0 Å². The predicted octanol–water partition coefficient (Wildman–Crippen LogP) is 2.62. The average molecular weight is 187 g/mol. The van der Waals surface area contributed by atoms with Gasteiger partial charge < -0.3 is 9.47 Å². The summed E-state index contributed by atoms with van der Waals surface area (Å²) in [5, 5.41) is 0. The number of halogens is 1. The minimum absolute atomic E-state index is 0.147. The Morgan fingerprint density at radius 1 is 1.33 bits per heavy atom. The second-order valence-corrected chi connectivity index (χ2v) is 2.49. The van der Waals surface area contributed by atoms with E-state index in [-0.39, 0.29) is 12.4 Å².